The second-order valence-electron chi connectivity index (χ2n) is 8.79. The quantitative estimate of drug-likeness (QED) is 0.411. The fraction of sp³-hybridized carbons (Fsp3) is 0.207. The normalized spacial score (nSPS) is 15.2. The molecule has 1 heterocycles. The van der Waals surface area contributed by atoms with E-state index >= 15 is 0 Å². The Balaban J connectivity index is 1.43. The van der Waals surface area contributed by atoms with Crippen LogP contribution in [0.1, 0.15) is 21.5 Å². The Labute approximate surface area is 195 Å². The van der Waals surface area contributed by atoms with Crippen molar-refractivity contribution in [2.45, 2.75) is 19.0 Å². The van der Waals surface area contributed by atoms with Crippen molar-refractivity contribution in [2.24, 2.45) is 0 Å². The summed E-state index contributed by atoms with van der Waals surface area (Å²) in [5.74, 6) is 0.870. The van der Waals surface area contributed by atoms with Gasteiger partial charge >= 0.3 is 0 Å². The Bertz CT molecular complexity index is 1280. The Morgan fingerprint density at radius 2 is 1.58 bits per heavy atom. The predicted octanol–water partition coefficient (Wildman–Crippen LogP) is 5.55. The van der Waals surface area contributed by atoms with Crippen LogP contribution in [0, 0.1) is 0 Å². The van der Waals surface area contributed by atoms with E-state index in [1.54, 1.807) is 0 Å². The van der Waals surface area contributed by atoms with Gasteiger partial charge in [0.2, 0.25) is 0 Å². The molecule has 0 fully saturated rings. The standard InChI is InChI=1S/C29H28N2O2/c1-30(2)24-14-16-26(17-15-24)33-20-25-18-22-9-3-4-10-23(22)19-31(25)29(32)28-13-7-11-21-8-5-6-12-27(21)28/h3-17,25H,18-20H2,1-2H3/t25-/m0/s1. The van der Waals surface area contributed by atoms with Crippen molar-refractivity contribution < 1.29 is 9.53 Å². The molecule has 0 bridgehead atoms. The highest BCUT2D eigenvalue weighted by molar-refractivity contribution is 6.07. The number of nitrogens with zero attached hydrogens (tertiary/aromatic N) is 2. The molecule has 0 aliphatic carbocycles. The molecular formula is C29H28N2O2. The largest absolute Gasteiger partial charge is 0.491 e. The fourth-order valence-electron chi connectivity index (χ4n) is 4.57. The summed E-state index contributed by atoms with van der Waals surface area (Å²) in [4.78, 5) is 17.9. The molecule has 0 saturated heterocycles. The molecule has 4 nitrogen and oxygen atoms in total. The van der Waals surface area contributed by atoms with Gasteiger partial charge in [-0.05, 0) is 58.7 Å². The van der Waals surface area contributed by atoms with Crippen molar-refractivity contribution in [3.8, 4) is 5.75 Å². The van der Waals surface area contributed by atoms with Gasteiger partial charge in [-0.15, -0.1) is 0 Å². The van der Waals surface area contributed by atoms with Crippen molar-refractivity contribution in [2.75, 3.05) is 25.6 Å². The third kappa shape index (κ3) is 4.29. The summed E-state index contributed by atoms with van der Waals surface area (Å²) in [7, 11) is 4.04. The molecule has 1 atom stereocenters. The van der Waals surface area contributed by atoms with Crippen LogP contribution in [0.15, 0.2) is 91.0 Å². The summed E-state index contributed by atoms with van der Waals surface area (Å²) in [5.41, 5.74) is 4.36. The molecule has 166 valence electrons. The second kappa shape index (κ2) is 8.99. The number of hydrogen-bond acceptors (Lipinski definition) is 3. The summed E-state index contributed by atoms with van der Waals surface area (Å²) in [6.45, 7) is 1.04. The average Bonchev–Trinajstić information content (AvgIpc) is 2.86. The number of benzene rings is 4. The van der Waals surface area contributed by atoms with E-state index in [2.05, 4.69) is 35.2 Å². The lowest BCUT2D eigenvalue weighted by Gasteiger charge is -2.37. The second-order valence-corrected chi connectivity index (χ2v) is 8.79. The summed E-state index contributed by atoms with van der Waals surface area (Å²) < 4.78 is 6.19. The van der Waals surface area contributed by atoms with Crippen LogP contribution in [0.2, 0.25) is 0 Å². The van der Waals surface area contributed by atoms with E-state index in [1.165, 1.54) is 11.1 Å². The first-order valence-electron chi connectivity index (χ1n) is 11.4. The van der Waals surface area contributed by atoms with Crippen molar-refractivity contribution in [3.05, 3.63) is 108 Å². The smallest absolute Gasteiger partial charge is 0.255 e. The van der Waals surface area contributed by atoms with Crippen molar-refractivity contribution >= 4 is 22.4 Å². The number of anilines is 1. The molecule has 1 aliphatic rings. The minimum Gasteiger partial charge on any atom is -0.491 e. The molecule has 0 N–H and O–H groups in total. The molecule has 4 heteroatoms. The lowest BCUT2D eigenvalue weighted by molar-refractivity contribution is 0.0568. The molecule has 4 aromatic rings. The lowest BCUT2D eigenvalue weighted by atomic mass is 9.93. The van der Waals surface area contributed by atoms with E-state index < -0.39 is 0 Å². The van der Waals surface area contributed by atoms with Crippen LogP contribution in [0.4, 0.5) is 5.69 Å². The molecule has 1 aliphatic heterocycles. The molecule has 4 aromatic carbocycles. The van der Waals surface area contributed by atoms with Crippen LogP contribution in [0.25, 0.3) is 10.8 Å². The van der Waals surface area contributed by atoms with Gasteiger partial charge in [0.15, 0.2) is 0 Å². The van der Waals surface area contributed by atoms with E-state index in [0.29, 0.717) is 13.2 Å². The predicted molar refractivity (Wildman–Crippen MR) is 134 cm³/mol. The van der Waals surface area contributed by atoms with Gasteiger partial charge in [0.25, 0.3) is 5.91 Å². The van der Waals surface area contributed by atoms with E-state index in [9.17, 15) is 4.79 Å². The van der Waals surface area contributed by atoms with Gasteiger partial charge < -0.3 is 14.5 Å². The monoisotopic (exact) mass is 436 g/mol. The molecular weight excluding hydrogens is 408 g/mol. The van der Waals surface area contributed by atoms with Crippen LogP contribution in [0.5, 0.6) is 5.75 Å². The zero-order chi connectivity index (χ0) is 22.8. The minimum absolute atomic E-state index is 0.0418. The van der Waals surface area contributed by atoms with Crippen molar-refractivity contribution in [1.82, 2.24) is 4.90 Å². The third-order valence-electron chi connectivity index (χ3n) is 6.43. The highest BCUT2D eigenvalue weighted by Gasteiger charge is 2.31. The topological polar surface area (TPSA) is 32.8 Å². The molecule has 0 unspecified atom stereocenters. The lowest BCUT2D eigenvalue weighted by Crippen LogP contribution is -2.47. The molecule has 1 amide bonds. The molecule has 0 spiro atoms. The zero-order valence-electron chi connectivity index (χ0n) is 19.1. The van der Waals surface area contributed by atoms with Crippen LogP contribution < -0.4 is 9.64 Å². The maximum atomic E-state index is 13.8. The zero-order valence-corrected chi connectivity index (χ0v) is 19.1. The Morgan fingerprint density at radius 3 is 2.36 bits per heavy atom. The number of rotatable bonds is 5. The first-order chi connectivity index (χ1) is 16.1. The molecule has 0 aromatic heterocycles. The Morgan fingerprint density at radius 1 is 0.879 bits per heavy atom. The maximum Gasteiger partial charge on any atom is 0.255 e. The Kier molecular flexibility index (Phi) is 5.74. The van der Waals surface area contributed by atoms with Gasteiger partial charge in [-0.2, -0.15) is 0 Å². The number of carbonyl (C=O) groups is 1. The van der Waals surface area contributed by atoms with E-state index in [4.69, 9.17) is 4.74 Å². The SMILES string of the molecule is CN(C)c1ccc(OC[C@@H]2Cc3ccccc3CN2C(=O)c2cccc3ccccc23)cc1. The third-order valence-corrected chi connectivity index (χ3v) is 6.43. The van der Waals surface area contributed by atoms with Gasteiger partial charge in [-0.3, -0.25) is 4.79 Å². The fourth-order valence-corrected chi connectivity index (χ4v) is 4.57. The summed E-state index contributed by atoms with van der Waals surface area (Å²) >= 11 is 0. The van der Waals surface area contributed by atoms with Crippen LogP contribution >= 0.6 is 0 Å². The summed E-state index contributed by atoms with van der Waals surface area (Å²) in [6.07, 6.45) is 0.780. The maximum absolute atomic E-state index is 13.8. The van der Waals surface area contributed by atoms with E-state index in [1.807, 2.05) is 79.7 Å². The highest BCUT2D eigenvalue weighted by atomic mass is 16.5. The minimum atomic E-state index is -0.0418. The Hall–Kier alpha value is -3.79. The van der Waals surface area contributed by atoms with Crippen molar-refractivity contribution in [3.63, 3.8) is 0 Å². The first kappa shape index (κ1) is 21.1. The molecule has 5 rings (SSSR count). The number of amides is 1. The van der Waals surface area contributed by atoms with Crippen LogP contribution in [0.3, 0.4) is 0 Å². The van der Waals surface area contributed by atoms with E-state index in [-0.39, 0.29) is 11.9 Å². The van der Waals surface area contributed by atoms with Gasteiger partial charge in [0.1, 0.15) is 12.4 Å². The molecule has 33 heavy (non-hydrogen) atoms. The summed E-state index contributed by atoms with van der Waals surface area (Å²) in [5, 5.41) is 2.07. The number of hydrogen-bond donors (Lipinski definition) is 0. The van der Waals surface area contributed by atoms with Gasteiger partial charge in [-0.25, -0.2) is 0 Å². The first-order valence-corrected chi connectivity index (χ1v) is 11.4. The number of fused-ring (bicyclic) bond motifs is 2. The number of ether oxygens (including phenoxy) is 1. The average molecular weight is 437 g/mol. The number of carbonyl (C=O) groups excluding carboxylic acids is 1. The van der Waals surface area contributed by atoms with Gasteiger partial charge in [-0.1, -0.05) is 60.7 Å². The van der Waals surface area contributed by atoms with Gasteiger partial charge in [0, 0.05) is 31.9 Å². The van der Waals surface area contributed by atoms with Crippen LogP contribution in [-0.4, -0.2) is 37.6 Å². The van der Waals surface area contributed by atoms with E-state index in [0.717, 1.165) is 34.2 Å². The van der Waals surface area contributed by atoms with Crippen molar-refractivity contribution in [1.29, 1.82) is 0 Å². The molecule has 0 saturated carbocycles. The molecule has 0 radical (unpaired) electrons. The van der Waals surface area contributed by atoms with Gasteiger partial charge in [0.05, 0.1) is 6.04 Å². The summed E-state index contributed by atoms with van der Waals surface area (Å²) in [6, 6.07) is 30.4. The van der Waals surface area contributed by atoms with Crippen LogP contribution in [-0.2, 0) is 13.0 Å². The highest BCUT2D eigenvalue weighted by Crippen LogP contribution is 2.28.